The lowest BCUT2D eigenvalue weighted by atomic mass is 10.2. The van der Waals surface area contributed by atoms with Crippen LogP contribution in [0, 0.1) is 5.92 Å². The summed E-state index contributed by atoms with van der Waals surface area (Å²) in [6, 6.07) is 3.29. The Bertz CT molecular complexity index is 434. The number of amides is 1. The van der Waals surface area contributed by atoms with Gasteiger partial charge in [0.15, 0.2) is 0 Å². The van der Waals surface area contributed by atoms with Gasteiger partial charge in [-0.1, -0.05) is 6.92 Å². The lowest BCUT2D eigenvalue weighted by Crippen LogP contribution is -2.24. The molecular formula is C12H17N3O3. The molecule has 1 aromatic heterocycles. The molecule has 18 heavy (non-hydrogen) atoms. The molecule has 0 spiro atoms. The number of carboxylic acid groups (broad SMARTS) is 1. The fourth-order valence-corrected chi connectivity index (χ4v) is 1.27. The minimum absolute atomic E-state index is 0.243. The molecule has 0 radical (unpaired) electrons. The molecule has 1 heterocycles. The average molecular weight is 251 g/mol. The van der Waals surface area contributed by atoms with Gasteiger partial charge >= 0.3 is 5.97 Å². The van der Waals surface area contributed by atoms with E-state index in [1.807, 2.05) is 6.92 Å². The van der Waals surface area contributed by atoms with Gasteiger partial charge in [-0.2, -0.15) is 0 Å². The van der Waals surface area contributed by atoms with Gasteiger partial charge in [0, 0.05) is 25.0 Å². The molecule has 0 aliphatic rings. The standard InChI is InChI=1S/C12H17N3O3/c1-3-13-11(16)10-6-9(4-5-14-10)15-7-8(2)12(17)18/h4-6,8H,3,7H2,1-2H3,(H,13,16)(H,14,15)(H,17,18). The maximum atomic E-state index is 11.5. The van der Waals surface area contributed by atoms with Gasteiger partial charge in [-0.05, 0) is 19.1 Å². The third-order valence-electron chi connectivity index (χ3n) is 2.36. The predicted molar refractivity (Wildman–Crippen MR) is 67.5 cm³/mol. The first-order valence-corrected chi connectivity index (χ1v) is 5.75. The number of carboxylic acids is 1. The van der Waals surface area contributed by atoms with Crippen LogP contribution in [-0.2, 0) is 4.79 Å². The average Bonchev–Trinajstić information content (AvgIpc) is 2.36. The molecule has 1 rings (SSSR count). The molecule has 1 amide bonds. The van der Waals surface area contributed by atoms with Crippen LogP contribution < -0.4 is 10.6 Å². The summed E-state index contributed by atoms with van der Waals surface area (Å²) in [5, 5.41) is 14.4. The molecule has 98 valence electrons. The van der Waals surface area contributed by atoms with Crippen molar-refractivity contribution >= 4 is 17.6 Å². The summed E-state index contributed by atoms with van der Waals surface area (Å²) >= 11 is 0. The lowest BCUT2D eigenvalue weighted by Gasteiger charge is -2.10. The summed E-state index contributed by atoms with van der Waals surface area (Å²) in [7, 11) is 0. The number of aliphatic carboxylic acids is 1. The maximum Gasteiger partial charge on any atom is 0.308 e. The normalized spacial score (nSPS) is 11.7. The fourth-order valence-electron chi connectivity index (χ4n) is 1.27. The molecule has 0 aliphatic carbocycles. The molecule has 6 nitrogen and oxygen atoms in total. The second-order valence-electron chi connectivity index (χ2n) is 3.91. The number of carbonyl (C=O) groups is 2. The van der Waals surface area contributed by atoms with Crippen molar-refractivity contribution in [2.24, 2.45) is 5.92 Å². The molecule has 3 N–H and O–H groups in total. The number of pyridine rings is 1. The zero-order chi connectivity index (χ0) is 13.5. The van der Waals surface area contributed by atoms with Crippen molar-refractivity contribution in [2.75, 3.05) is 18.4 Å². The van der Waals surface area contributed by atoms with Gasteiger partial charge in [0.25, 0.3) is 5.91 Å². The number of rotatable bonds is 6. The SMILES string of the molecule is CCNC(=O)c1cc(NCC(C)C(=O)O)ccn1. The molecule has 6 heteroatoms. The Morgan fingerprint density at radius 3 is 2.83 bits per heavy atom. The Morgan fingerprint density at radius 2 is 2.22 bits per heavy atom. The van der Waals surface area contributed by atoms with Gasteiger partial charge in [0.1, 0.15) is 5.69 Å². The first-order chi connectivity index (χ1) is 8.54. The Labute approximate surface area is 105 Å². The molecule has 1 atom stereocenters. The highest BCUT2D eigenvalue weighted by atomic mass is 16.4. The summed E-state index contributed by atoms with van der Waals surface area (Å²) in [4.78, 5) is 26.2. The van der Waals surface area contributed by atoms with Crippen molar-refractivity contribution < 1.29 is 14.7 Å². The van der Waals surface area contributed by atoms with E-state index in [1.165, 1.54) is 6.20 Å². The third-order valence-corrected chi connectivity index (χ3v) is 2.36. The summed E-state index contributed by atoms with van der Waals surface area (Å²) in [5.74, 6) is -1.60. The highest BCUT2D eigenvalue weighted by Gasteiger charge is 2.11. The van der Waals surface area contributed by atoms with Gasteiger partial charge in [-0.3, -0.25) is 14.6 Å². The van der Waals surface area contributed by atoms with E-state index in [0.717, 1.165) is 0 Å². The quantitative estimate of drug-likeness (QED) is 0.700. The zero-order valence-corrected chi connectivity index (χ0v) is 10.4. The van der Waals surface area contributed by atoms with Crippen LogP contribution in [0.15, 0.2) is 18.3 Å². The van der Waals surface area contributed by atoms with Gasteiger partial charge in [0.05, 0.1) is 5.92 Å². The van der Waals surface area contributed by atoms with E-state index < -0.39 is 11.9 Å². The Hall–Kier alpha value is -2.11. The smallest absolute Gasteiger partial charge is 0.308 e. The van der Waals surface area contributed by atoms with Crippen molar-refractivity contribution in [3.63, 3.8) is 0 Å². The third kappa shape index (κ3) is 4.04. The van der Waals surface area contributed by atoms with Crippen LogP contribution in [0.3, 0.4) is 0 Å². The molecular weight excluding hydrogens is 234 g/mol. The number of hydrogen-bond acceptors (Lipinski definition) is 4. The summed E-state index contributed by atoms with van der Waals surface area (Å²) in [6.07, 6.45) is 1.51. The van der Waals surface area contributed by atoms with Crippen LogP contribution in [0.2, 0.25) is 0 Å². The van der Waals surface area contributed by atoms with E-state index >= 15 is 0 Å². The van der Waals surface area contributed by atoms with Crippen LogP contribution in [-0.4, -0.2) is 35.1 Å². The Balaban J connectivity index is 2.65. The number of nitrogens with one attached hydrogen (secondary N) is 2. The predicted octanol–water partition coefficient (Wildman–Crippen LogP) is 0.964. The molecule has 0 saturated heterocycles. The fraction of sp³-hybridized carbons (Fsp3) is 0.417. The molecule has 1 unspecified atom stereocenters. The topological polar surface area (TPSA) is 91.3 Å². The Morgan fingerprint density at radius 1 is 1.50 bits per heavy atom. The minimum Gasteiger partial charge on any atom is -0.481 e. The summed E-state index contributed by atoms with van der Waals surface area (Å²) < 4.78 is 0. The maximum absolute atomic E-state index is 11.5. The van der Waals surface area contributed by atoms with Crippen molar-refractivity contribution in [3.8, 4) is 0 Å². The molecule has 0 fully saturated rings. The molecule has 0 aromatic carbocycles. The Kier molecular flexibility index (Phi) is 5.10. The second kappa shape index (κ2) is 6.58. The number of anilines is 1. The van der Waals surface area contributed by atoms with E-state index in [2.05, 4.69) is 15.6 Å². The van der Waals surface area contributed by atoms with Crippen LogP contribution in [0.25, 0.3) is 0 Å². The van der Waals surface area contributed by atoms with Crippen molar-refractivity contribution in [2.45, 2.75) is 13.8 Å². The largest absolute Gasteiger partial charge is 0.481 e. The first kappa shape index (κ1) is 14.0. The number of hydrogen-bond donors (Lipinski definition) is 3. The van der Waals surface area contributed by atoms with E-state index in [1.54, 1.807) is 19.1 Å². The van der Waals surface area contributed by atoms with Gasteiger partial charge < -0.3 is 15.7 Å². The van der Waals surface area contributed by atoms with Crippen LogP contribution >= 0.6 is 0 Å². The van der Waals surface area contributed by atoms with Crippen molar-refractivity contribution in [1.82, 2.24) is 10.3 Å². The highest BCUT2D eigenvalue weighted by Crippen LogP contribution is 2.09. The van der Waals surface area contributed by atoms with Crippen LogP contribution in [0.5, 0.6) is 0 Å². The molecule has 1 aromatic rings. The van der Waals surface area contributed by atoms with E-state index in [-0.39, 0.29) is 5.91 Å². The van der Waals surface area contributed by atoms with Crippen LogP contribution in [0.1, 0.15) is 24.3 Å². The van der Waals surface area contributed by atoms with Gasteiger partial charge in [0.2, 0.25) is 0 Å². The molecule has 0 aliphatic heterocycles. The number of carbonyl (C=O) groups excluding carboxylic acids is 1. The van der Waals surface area contributed by atoms with Crippen molar-refractivity contribution in [3.05, 3.63) is 24.0 Å². The number of nitrogens with zero attached hydrogens (tertiary/aromatic N) is 1. The van der Waals surface area contributed by atoms with Crippen LogP contribution in [0.4, 0.5) is 5.69 Å². The first-order valence-electron chi connectivity index (χ1n) is 5.75. The second-order valence-corrected chi connectivity index (χ2v) is 3.91. The van der Waals surface area contributed by atoms with Gasteiger partial charge in [-0.25, -0.2) is 0 Å². The van der Waals surface area contributed by atoms with E-state index in [4.69, 9.17) is 5.11 Å². The number of aromatic nitrogens is 1. The molecule has 0 bridgehead atoms. The van der Waals surface area contributed by atoms with Gasteiger partial charge in [-0.15, -0.1) is 0 Å². The minimum atomic E-state index is -0.861. The lowest BCUT2D eigenvalue weighted by molar-refractivity contribution is -0.140. The highest BCUT2D eigenvalue weighted by molar-refractivity contribution is 5.93. The van der Waals surface area contributed by atoms with E-state index in [9.17, 15) is 9.59 Å². The van der Waals surface area contributed by atoms with Crippen molar-refractivity contribution in [1.29, 1.82) is 0 Å². The molecule has 0 saturated carbocycles. The summed E-state index contributed by atoms with van der Waals surface area (Å²) in [5.41, 5.74) is 0.990. The zero-order valence-electron chi connectivity index (χ0n) is 10.4. The summed E-state index contributed by atoms with van der Waals surface area (Å²) in [6.45, 7) is 4.28. The monoisotopic (exact) mass is 251 g/mol. The van der Waals surface area contributed by atoms with E-state index in [0.29, 0.717) is 24.5 Å².